The van der Waals surface area contributed by atoms with Gasteiger partial charge < -0.3 is 20.7 Å². The van der Waals surface area contributed by atoms with Crippen LogP contribution in [-0.2, 0) is 16.6 Å². The summed E-state index contributed by atoms with van der Waals surface area (Å²) in [6, 6.07) is 16.2. The number of anilines is 1. The second-order valence-electron chi connectivity index (χ2n) is 8.35. The van der Waals surface area contributed by atoms with Crippen LogP contribution >= 0.6 is 35.4 Å². The topological polar surface area (TPSA) is 112 Å². The van der Waals surface area contributed by atoms with Crippen LogP contribution in [0.15, 0.2) is 87.4 Å². The number of carbonyl (C=O) groups excluding carboxylic acids is 1. The molecule has 4 rings (SSSR count). The van der Waals surface area contributed by atoms with Crippen LogP contribution in [0.2, 0.25) is 10.0 Å². The number of hydrogen-bond donors (Lipinski definition) is 3. The van der Waals surface area contributed by atoms with Gasteiger partial charge in [-0.05, 0) is 65.1 Å². The van der Waals surface area contributed by atoms with Crippen molar-refractivity contribution in [3.63, 3.8) is 0 Å². The zero-order chi connectivity index (χ0) is 28.8. The molecule has 0 saturated carbocycles. The number of halogens is 5. The predicted octanol–water partition coefficient (Wildman–Crippen LogP) is 7.28. The molecule has 208 valence electrons. The van der Waals surface area contributed by atoms with E-state index in [1.807, 2.05) is 0 Å². The maximum absolute atomic E-state index is 12.9. The van der Waals surface area contributed by atoms with Gasteiger partial charge in [0.1, 0.15) is 11.5 Å². The third-order valence-corrected chi connectivity index (χ3v) is 6.26. The first-order valence-electron chi connectivity index (χ1n) is 11.6. The molecule has 0 spiro atoms. The number of hydrogen-bond acceptors (Lipinski definition) is 7. The molecule has 0 fully saturated rings. The summed E-state index contributed by atoms with van der Waals surface area (Å²) in [5, 5.41) is 24.5. The van der Waals surface area contributed by atoms with Crippen molar-refractivity contribution in [1.29, 1.82) is 0 Å². The highest BCUT2D eigenvalue weighted by atomic mass is 35.5. The average Bonchev–Trinajstić information content (AvgIpc) is 3.37. The van der Waals surface area contributed by atoms with Gasteiger partial charge in [0.15, 0.2) is 5.11 Å². The van der Waals surface area contributed by atoms with Crippen molar-refractivity contribution in [1.82, 2.24) is 10.6 Å². The van der Waals surface area contributed by atoms with Gasteiger partial charge in [0.2, 0.25) is 11.6 Å². The first-order chi connectivity index (χ1) is 19.1. The Bertz CT molecular complexity index is 1460. The molecule has 3 aromatic rings. The molecule has 0 bridgehead atoms. The van der Waals surface area contributed by atoms with Crippen LogP contribution in [0.1, 0.15) is 17.5 Å². The maximum Gasteiger partial charge on any atom is 0.416 e. The standard InChI is InChI=1S/C25H20Cl2F3N7O2S/c26-16-8-9-21(19(27)13-16)39-20-7-2-1-6-18(20)24(34-36-37-35-24)14-22(38)31-10-11-32-23(40)33-17-5-3-4-15(12-17)25(28,29)30/h1-9,12-13H,10-11,14H2,(H,31,38)(H2,32,33,40). The molecule has 0 atom stereocenters. The summed E-state index contributed by atoms with van der Waals surface area (Å²) < 4.78 is 44.7. The van der Waals surface area contributed by atoms with Crippen LogP contribution in [0.25, 0.3) is 0 Å². The Kier molecular flexibility index (Phi) is 9.17. The zero-order valence-electron chi connectivity index (χ0n) is 20.4. The normalized spacial score (nSPS) is 13.6. The average molecular weight is 610 g/mol. The molecule has 0 aliphatic carbocycles. The van der Waals surface area contributed by atoms with Crippen molar-refractivity contribution in [3.05, 3.63) is 87.9 Å². The van der Waals surface area contributed by atoms with Crippen LogP contribution in [0.5, 0.6) is 11.5 Å². The smallest absolute Gasteiger partial charge is 0.416 e. The number of ether oxygens (including phenoxy) is 1. The highest BCUT2D eigenvalue weighted by molar-refractivity contribution is 7.80. The van der Waals surface area contributed by atoms with E-state index in [1.165, 1.54) is 18.2 Å². The van der Waals surface area contributed by atoms with Crippen molar-refractivity contribution >= 4 is 52.1 Å². The van der Waals surface area contributed by atoms with Crippen molar-refractivity contribution in [2.45, 2.75) is 18.3 Å². The summed E-state index contributed by atoms with van der Waals surface area (Å²) in [6.45, 7) is 0.341. The first-order valence-corrected chi connectivity index (χ1v) is 12.8. The van der Waals surface area contributed by atoms with Gasteiger partial charge in [-0.1, -0.05) is 47.5 Å². The minimum absolute atomic E-state index is 0.0929. The number of carbonyl (C=O) groups is 1. The lowest BCUT2D eigenvalue weighted by Gasteiger charge is -2.22. The molecule has 0 radical (unpaired) electrons. The fraction of sp³-hybridized carbons (Fsp3) is 0.200. The van der Waals surface area contributed by atoms with Gasteiger partial charge in [-0.2, -0.15) is 13.2 Å². The molecule has 1 aliphatic rings. The van der Waals surface area contributed by atoms with Gasteiger partial charge in [0.25, 0.3) is 0 Å². The molecule has 1 heterocycles. The molecule has 1 amide bonds. The molecular weight excluding hydrogens is 590 g/mol. The van der Waals surface area contributed by atoms with E-state index in [2.05, 4.69) is 36.6 Å². The maximum atomic E-state index is 12.9. The van der Waals surface area contributed by atoms with Crippen LogP contribution < -0.4 is 20.7 Å². The number of benzene rings is 3. The number of thiocarbonyl (C=S) groups is 1. The number of nitrogens with zero attached hydrogens (tertiary/aromatic N) is 4. The number of para-hydroxylation sites is 1. The van der Waals surface area contributed by atoms with Crippen LogP contribution in [-0.4, -0.2) is 24.1 Å². The van der Waals surface area contributed by atoms with Gasteiger partial charge in [-0.3, -0.25) is 4.79 Å². The highest BCUT2D eigenvalue weighted by Crippen LogP contribution is 2.43. The molecule has 0 unspecified atom stereocenters. The lowest BCUT2D eigenvalue weighted by molar-refractivity contribution is -0.137. The van der Waals surface area contributed by atoms with Crippen molar-refractivity contribution in [3.8, 4) is 11.5 Å². The summed E-state index contributed by atoms with van der Waals surface area (Å²) in [5.41, 5.74) is -1.65. The van der Waals surface area contributed by atoms with Gasteiger partial charge in [-0.15, -0.1) is 10.2 Å². The van der Waals surface area contributed by atoms with E-state index in [9.17, 15) is 18.0 Å². The molecule has 3 N–H and O–H groups in total. The van der Waals surface area contributed by atoms with E-state index in [4.69, 9.17) is 40.2 Å². The monoisotopic (exact) mass is 609 g/mol. The Morgan fingerprint density at radius 2 is 1.65 bits per heavy atom. The second-order valence-corrected chi connectivity index (χ2v) is 9.61. The molecule has 1 aliphatic heterocycles. The number of rotatable bonds is 9. The van der Waals surface area contributed by atoms with E-state index in [1.54, 1.807) is 36.4 Å². The van der Waals surface area contributed by atoms with E-state index >= 15 is 0 Å². The van der Waals surface area contributed by atoms with E-state index < -0.39 is 23.3 Å². The highest BCUT2D eigenvalue weighted by Gasteiger charge is 2.40. The van der Waals surface area contributed by atoms with Gasteiger partial charge in [0, 0.05) is 29.4 Å². The third kappa shape index (κ3) is 7.43. The van der Waals surface area contributed by atoms with Crippen LogP contribution in [0.3, 0.4) is 0 Å². The largest absolute Gasteiger partial charge is 0.455 e. The molecule has 40 heavy (non-hydrogen) atoms. The Balaban J connectivity index is 1.34. The summed E-state index contributed by atoms with van der Waals surface area (Å²) in [7, 11) is 0. The lowest BCUT2D eigenvalue weighted by atomic mass is 9.96. The molecule has 0 aromatic heterocycles. The quantitative estimate of drug-likeness (QED) is 0.174. The summed E-state index contributed by atoms with van der Waals surface area (Å²) in [4.78, 5) is 12.8. The summed E-state index contributed by atoms with van der Waals surface area (Å²) >= 11 is 17.4. The number of nitrogens with one attached hydrogen (secondary N) is 3. The van der Waals surface area contributed by atoms with Crippen LogP contribution in [0, 0.1) is 0 Å². The first kappa shape index (κ1) is 29.2. The molecular formula is C25H20Cl2F3N7O2S. The fourth-order valence-corrected chi connectivity index (χ4v) is 4.32. The van der Waals surface area contributed by atoms with Crippen molar-refractivity contribution in [2.24, 2.45) is 20.7 Å². The summed E-state index contributed by atoms with van der Waals surface area (Å²) in [6.07, 6.45) is -4.70. The van der Waals surface area contributed by atoms with E-state index in [0.29, 0.717) is 22.1 Å². The van der Waals surface area contributed by atoms with E-state index in [-0.39, 0.29) is 35.3 Å². The SMILES string of the molecule is O=C(CC1(c2ccccc2Oc2ccc(Cl)cc2Cl)N=NN=N1)NCCNC(=S)Nc1cccc(C(F)(F)F)c1. The minimum atomic E-state index is -4.47. The van der Waals surface area contributed by atoms with Gasteiger partial charge in [0.05, 0.1) is 17.0 Å². The van der Waals surface area contributed by atoms with Crippen molar-refractivity contribution in [2.75, 3.05) is 18.4 Å². The Morgan fingerprint density at radius 3 is 2.38 bits per heavy atom. The number of amides is 1. The molecule has 0 saturated heterocycles. The van der Waals surface area contributed by atoms with Crippen LogP contribution in [0.4, 0.5) is 18.9 Å². The Morgan fingerprint density at radius 1 is 0.925 bits per heavy atom. The van der Waals surface area contributed by atoms with E-state index in [0.717, 1.165) is 12.1 Å². The molecule has 9 nitrogen and oxygen atoms in total. The summed E-state index contributed by atoms with van der Waals surface area (Å²) in [5.74, 6) is 0.260. The van der Waals surface area contributed by atoms with Gasteiger partial charge in [-0.25, -0.2) is 0 Å². The lowest BCUT2D eigenvalue weighted by Crippen LogP contribution is -2.38. The molecule has 15 heteroatoms. The zero-order valence-corrected chi connectivity index (χ0v) is 22.7. The minimum Gasteiger partial charge on any atom is -0.455 e. The predicted molar refractivity (Wildman–Crippen MR) is 148 cm³/mol. The third-order valence-electron chi connectivity index (χ3n) is 5.48. The van der Waals surface area contributed by atoms with Gasteiger partial charge >= 0.3 is 6.18 Å². The molecule has 3 aromatic carbocycles. The Hall–Kier alpha value is -3.81. The second kappa shape index (κ2) is 12.6. The fourth-order valence-electron chi connectivity index (χ4n) is 3.66. The number of alkyl halides is 3. The Labute approximate surface area is 241 Å². The van der Waals surface area contributed by atoms with Crippen molar-refractivity contribution < 1.29 is 22.7 Å².